The predicted molar refractivity (Wildman–Crippen MR) is 200 cm³/mol. The van der Waals surface area contributed by atoms with E-state index in [0.29, 0.717) is 71.4 Å². The average Bonchev–Trinajstić information content (AvgIpc) is 3.67. The van der Waals surface area contributed by atoms with Crippen LogP contribution in [0.5, 0.6) is 0 Å². The van der Waals surface area contributed by atoms with Gasteiger partial charge in [0.25, 0.3) is 10.0 Å². The molecule has 1 fully saturated rings. The molecule has 1 amide bonds. The molecular weight excluding hydrogens is 697 g/mol. The van der Waals surface area contributed by atoms with Crippen LogP contribution in [-0.2, 0) is 21.3 Å². The Morgan fingerprint density at radius 1 is 0.906 bits per heavy atom. The molecule has 3 aromatic carbocycles. The van der Waals surface area contributed by atoms with Crippen molar-refractivity contribution in [3.05, 3.63) is 125 Å². The largest absolute Gasteiger partial charge is 0.444 e. The number of pyridine rings is 1. The molecule has 0 N–H and O–H groups in total. The summed E-state index contributed by atoms with van der Waals surface area (Å²) in [6.45, 7) is 10.5. The number of carbonyl (C=O) groups excluding carboxylic acids is 1. The number of piperidine rings is 1. The molecule has 1 saturated heterocycles. The van der Waals surface area contributed by atoms with E-state index in [9.17, 15) is 17.6 Å². The van der Waals surface area contributed by atoms with Crippen LogP contribution in [0.4, 0.5) is 13.6 Å². The van der Waals surface area contributed by atoms with Crippen molar-refractivity contribution >= 4 is 27.1 Å². The van der Waals surface area contributed by atoms with E-state index in [1.54, 1.807) is 58.4 Å². The second-order valence-corrected chi connectivity index (χ2v) is 16.5. The Labute approximate surface area is 307 Å². The fourth-order valence-electron chi connectivity index (χ4n) is 6.88. The van der Waals surface area contributed by atoms with Crippen molar-refractivity contribution in [1.82, 2.24) is 23.6 Å². The van der Waals surface area contributed by atoms with Gasteiger partial charge in [-0.3, -0.25) is 4.68 Å². The second kappa shape index (κ2) is 13.9. The van der Waals surface area contributed by atoms with Crippen LogP contribution >= 0.6 is 0 Å². The molecule has 1 aliphatic heterocycles. The van der Waals surface area contributed by atoms with Crippen molar-refractivity contribution in [1.29, 1.82) is 0 Å². The van der Waals surface area contributed by atoms with E-state index >= 15 is 4.39 Å². The SMILES string of the molecule is Cc1ccc(S(=O)(=O)n2cc(-c3cn(Cc4cccc(F)c4)nc3C)c3cc(-c4ccc(C5CCN(C(=O)OC(C)(C)C)CC5)c(F)c4)cnc32)cc1. The van der Waals surface area contributed by atoms with E-state index in [1.165, 1.54) is 22.2 Å². The molecule has 12 heteroatoms. The van der Waals surface area contributed by atoms with Crippen LogP contribution in [0.3, 0.4) is 0 Å². The third kappa shape index (κ3) is 7.46. The summed E-state index contributed by atoms with van der Waals surface area (Å²) < 4.78 is 66.3. The lowest BCUT2D eigenvalue weighted by molar-refractivity contribution is 0.0204. The van der Waals surface area contributed by atoms with Crippen molar-refractivity contribution in [3.63, 3.8) is 0 Å². The molecule has 0 bridgehead atoms. The molecular formula is C41H41F2N5O4S. The van der Waals surface area contributed by atoms with E-state index in [4.69, 9.17) is 4.74 Å². The zero-order chi connectivity index (χ0) is 37.7. The minimum atomic E-state index is -4.06. The molecule has 0 aliphatic carbocycles. The van der Waals surface area contributed by atoms with Gasteiger partial charge in [-0.2, -0.15) is 5.10 Å². The second-order valence-electron chi connectivity index (χ2n) is 14.7. The zero-order valence-electron chi connectivity index (χ0n) is 30.3. The summed E-state index contributed by atoms with van der Waals surface area (Å²) >= 11 is 0. The fraction of sp³-hybridized carbons (Fsp3) is 0.293. The zero-order valence-corrected chi connectivity index (χ0v) is 31.1. The minimum Gasteiger partial charge on any atom is -0.444 e. The lowest BCUT2D eigenvalue weighted by Gasteiger charge is -2.33. The van der Waals surface area contributed by atoms with Gasteiger partial charge in [0.2, 0.25) is 0 Å². The molecule has 0 spiro atoms. The topological polar surface area (TPSA) is 99.3 Å². The Morgan fingerprint density at radius 2 is 1.64 bits per heavy atom. The normalized spacial score (nSPS) is 14.2. The minimum absolute atomic E-state index is 0.0529. The van der Waals surface area contributed by atoms with Crippen LogP contribution in [0.15, 0.2) is 96.3 Å². The molecule has 0 unspecified atom stereocenters. The summed E-state index contributed by atoms with van der Waals surface area (Å²) in [5, 5.41) is 5.22. The maximum Gasteiger partial charge on any atom is 0.410 e. The molecule has 53 heavy (non-hydrogen) atoms. The molecule has 0 radical (unpaired) electrons. The van der Waals surface area contributed by atoms with Crippen LogP contribution < -0.4 is 0 Å². The van der Waals surface area contributed by atoms with Crippen LogP contribution in [-0.4, -0.2) is 56.8 Å². The molecule has 6 aromatic rings. The van der Waals surface area contributed by atoms with Crippen molar-refractivity contribution in [2.45, 2.75) is 70.4 Å². The number of nitrogens with zero attached hydrogens (tertiary/aromatic N) is 5. The van der Waals surface area contributed by atoms with E-state index in [0.717, 1.165) is 11.1 Å². The van der Waals surface area contributed by atoms with E-state index < -0.39 is 15.6 Å². The van der Waals surface area contributed by atoms with Gasteiger partial charge in [-0.05, 0) is 106 Å². The van der Waals surface area contributed by atoms with Crippen molar-refractivity contribution in [2.24, 2.45) is 0 Å². The number of benzene rings is 3. The van der Waals surface area contributed by atoms with Gasteiger partial charge in [-0.1, -0.05) is 42.0 Å². The molecule has 1 aliphatic rings. The Bertz CT molecular complexity index is 2440. The average molecular weight is 738 g/mol. The summed E-state index contributed by atoms with van der Waals surface area (Å²) in [6.07, 6.45) is 5.79. The number of ether oxygens (including phenoxy) is 1. The van der Waals surface area contributed by atoms with E-state index in [2.05, 4.69) is 10.1 Å². The van der Waals surface area contributed by atoms with Gasteiger partial charge in [-0.25, -0.2) is 30.9 Å². The van der Waals surface area contributed by atoms with E-state index in [1.807, 2.05) is 59.0 Å². The molecule has 0 saturated carbocycles. The number of fused-ring (bicyclic) bond motifs is 1. The van der Waals surface area contributed by atoms with Gasteiger partial charge in [0.05, 0.1) is 17.1 Å². The first-order valence-electron chi connectivity index (χ1n) is 17.6. The number of likely N-dealkylation sites (tertiary alicyclic amines) is 1. The van der Waals surface area contributed by atoms with Gasteiger partial charge in [-0.15, -0.1) is 0 Å². The summed E-state index contributed by atoms with van der Waals surface area (Å²) in [5.41, 5.74) is 4.99. The molecule has 3 aromatic heterocycles. The number of aromatic nitrogens is 4. The predicted octanol–water partition coefficient (Wildman–Crippen LogP) is 8.86. The van der Waals surface area contributed by atoms with Crippen LogP contribution in [0, 0.1) is 25.5 Å². The van der Waals surface area contributed by atoms with Crippen molar-refractivity contribution in [2.75, 3.05) is 13.1 Å². The maximum absolute atomic E-state index is 15.8. The van der Waals surface area contributed by atoms with E-state index in [-0.39, 0.29) is 34.2 Å². The number of rotatable bonds is 7. The summed E-state index contributed by atoms with van der Waals surface area (Å²) in [5.74, 6) is -0.752. The monoisotopic (exact) mass is 737 g/mol. The highest BCUT2D eigenvalue weighted by Gasteiger charge is 2.29. The number of hydrogen-bond acceptors (Lipinski definition) is 6. The number of hydrogen-bond donors (Lipinski definition) is 0. The highest BCUT2D eigenvalue weighted by atomic mass is 32.2. The Morgan fingerprint density at radius 3 is 2.32 bits per heavy atom. The molecule has 274 valence electrons. The molecule has 0 atom stereocenters. The maximum atomic E-state index is 15.8. The fourth-order valence-corrected chi connectivity index (χ4v) is 8.21. The van der Waals surface area contributed by atoms with Crippen LogP contribution in [0.2, 0.25) is 0 Å². The lowest BCUT2D eigenvalue weighted by Crippen LogP contribution is -2.41. The standard InChI is InChI=1S/C41H41F2N5O4S/c1-26-9-12-33(13-10-26)53(50,51)48-25-37(36-24-47(45-27(36)2)23-28-7-6-8-32(42)19-28)35-20-31(22-44-39(35)48)30-11-14-34(38(43)21-30)29-15-17-46(18-16-29)40(49)52-41(3,4)5/h6-14,19-22,24-25,29H,15-18,23H2,1-5H3. The quantitative estimate of drug-likeness (QED) is 0.162. The van der Waals surface area contributed by atoms with Crippen LogP contribution in [0.25, 0.3) is 33.3 Å². The third-order valence-electron chi connectivity index (χ3n) is 9.58. The van der Waals surface area contributed by atoms with Gasteiger partial charge in [0.15, 0.2) is 5.65 Å². The summed E-state index contributed by atoms with van der Waals surface area (Å²) in [4.78, 5) is 19.0. The van der Waals surface area contributed by atoms with Crippen LogP contribution in [0.1, 0.15) is 61.9 Å². The molecule has 7 rings (SSSR count). The number of halogens is 2. The molecule has 9 nitrogen and oxygen atoms in total. The number of amides is 1. The van der Waals surface area contributed by atoms with Gasteiger partial charge >= 0.3 is 6.09 Å². The lowest BCUT2D eigenvalue weighted by atomic mass is 9.88. The molecule has 4 heterocycles. The first kappa shape index (κ1) is 36.0. The van der Waals surface area contributed by atoms with Gasteiger partial charge in [0.1, 0.15) is 17.2 Å². The third-order valence-corrected chi connectivity index (χ3v) is 11.2. The Balaban J connectivity index is 1.24. The Kier molecular flexibility index (Phi) is 9.44. The highest BCUT2D eigenvalue weighted by molar-refractivity contribution is 7.90. The summed E-state index contributed by atoms with van der Waals surface area (Å²) in [6, 6.07) is 19.9. The first-order valence-corrected chi connectivity index (χ1v) is 19.0. The smallest absolute Gasteiger partial charge is 0.410 e. The first-order chi connectivity index (χ1) is 25.2. The summed E-state index contributed by atoms with van der Waals surface area (Å²) in [7, 11) is -4.06. The van der Waals surface area contributed by atoms with Crippen molar-refractivity contribution in [3.8, 4) is 22.3 Å². The highest BCUT2D eigenvalue weighted by Crippen LogP contribution is 2.37. The number of carbonyl (C=O) groups is 1. The Hall–Kier alpha value is -5.36. The van der Waals surface area contributed by atoms with Gasteiger partial charge < -0.3 is 9.64 Å². The van der Waals surface area contributed by atoms with Crippen molar-refractivity contribution < 1.29 is 26.7 Å². The number of aryl methyl sites for hydroxylation is 2. The van der Waals surface area contributed by atoms with Gasteiger partial charge in [0, 0.05) is 53.8 Å².